The molecule has 3 aromatic rings. The van der Waals surface area contributed by atoms with Crippen molar-refractivity contribution >= 4 is 52.5 Å². The van der Waals surface area contributed by atoms with E-state index in [1.54, 1.807) is 56.3 Å². The molecule has 4 rings (SSSR count). The van der Waals surface area contributed by atoms with E-state index in [1.807, 2.05) is 6.92 Å². The number of hydrogen-bond acceptors (Lipinski definition) is 7. The number of aromatic nitrogens is 3. The van der Waals surface area contributed by atoms with Crippen LogP contribution in [0, 0.1) is 6.92 Å². The van der Waals surface area contributed by atoms with Gasteiger partial charge in [0.25, 0.3) is 11.8 Å². The Bertz CT molecular complexity index is 1300. The molecular weight excluding hydrogens is 537 g/mol. The van der Waals surface area contributed by atoms with Crippen molar-refractivity contribution in [1.82, 2.24) is 20.1 Å². The molecular formula is C25H27Cl2N5O4S. The van der Waals surface area contributed by atoms with E-state index in [1.165, 1.54) is 10.7 Å². The molecule has 1 unspecified atom stereocenters. The van der Waals surface area contributed by atoms with Crippen LogP contribution in [0.5, 0.6) is 5.88 Å². The monoisotopic (exact) mass is 563 g/mol. The summed E-state index contributed by atoms with van der Waals surface area (Å²) in [6, 6.07) is 7.89. The molecule has 1 fully saturated rings. The molecule has 9 nitrogen and oxygen atoms in total. The average Bonchev–Trinajstić information content (AvgIpc) is 3.26. The normalized spacial score (nSPS) is 14.1. The number of nitrogens with zero attached hydrogens (tertiary/aromatic N) is 3. The Morgan fingerprint density at radius 3 is 2.68 bits per heavy atom. The lowest BCUT2D eigenvalue weighted by Gasteiger charge is -2.24. The van der Waals surface area contributed by atoms with E-state index in [4.69, 9.17) is 32.7 Å². The summed E-state index contributed by atoms with van der Waals surface area (Å²) in [5, 5.41) is 10.9. The SMILES string of the molecule is CCC(COC)NC(=O)c1cc(Cl)cc(C)c1NC(=O)c1cc(OC2CSC2)nn1-c1ncccc1Cl. The number of anilines is 1. The molecule has 0 bridgehead atoms. The molecule has 1 aliphatic heterocycles. The standard InChI is InChI=1S/C25H27Cl2N5O4S/c1-4-16(11-35-3)29-24(33)18-9-15(26)8-14(2)22(18)30-25(34)20-10-21(36-17-12-37-13-17)31-32(20)23-19(27)6-5-7-28-23/h5-10,16-17H,4,11-13H2,1-3H3,(H,29,33)(H,30,34). The molecule has 2 amide bonds. The number of benzene rings is 1. The van der Waals surface area contributed by atoms with Gasteiger partial charge in [0, 0.05) is 35.9 Å². The summed E-state index contributed by atoms with van der Waals surface area (Å²) in [5.74, 6) is 1.37. The van der Waals surface area contributed by atoms with E-state index >= 15 is 0 Å². The van der Waals surface area contributed by atoms with Crippen LogP contribution in [0.2, 0.25) is 10.0 Å². The van der Waals surface area contributed by atoms with Crippen molar-refractivity contribution < 1.29 is 19.1 Å². The van der Waals surface area contributed by atoms with Gasteiger partial charge in [0.1, 0.15) is 11.8 Å². The number of carbonyl (C=O) groups excluding carboxylic acids is 2. The van der Waals surface area contributed by atoms with Crippen molar-refractivity contribution in [3.63, 3.8) is 0 Å². The summed E-state index contributed by atoms with van der Waals surface area (Å²) in [5.41, 5.74) is 1.33. The maximum absolute atomic E-state index is 13.6. The Balaban J connectivity index is 1.68. The molecule has 196 valence electrons. The average molecular weight is 564 g/mol. The number of aryl methyl sites for hydroxylation is 1. The fourth-order valence-corrected chi connectivity index (χ4v) is 4.76. The van der Waals surface area contributed by atoms with Crippen molar-refractivity contribution in [3.8, 4) is 11.7 Å². The van der Waals surface area contributed by atoms with Gasteiger partial charge in [-0.15, -0.1) is 5.10 Å². The molecule has 2 aromatic heterocycles. The van der Waals surface area contributed by atoms with Gasteiger partial charge in [-0.25, -0.2) is 9.67 Å². The Hall–Kier alpha value is -2.79. The van der Waals surface area contributed by atoms with Crippen molar-refractivity contribution in [2.45, 2.75) is 32.4 Å². The van der Waals surface area contributed by atoms with Crippen molar-refractivity contribution in [2.75, 3.05) is 30.5 Å². The smallest absolute Gasteiger partial charge is 0.274 e. The summed E-state index contributed by atoms with van der Waals surface area (Å²) in [6.07, 6.45) is 2.26. The highest BCUT2D eigenvalue weighted by atomic mass is 35.5. The zero-order chi connectivity index (χ0) is 26.5. The van der Waals surface area contributed by atoms with Crippen LogP contribution in [-0.2, 0) is 4.74 Å². The molecule has 0 radical (unpaired) electrons. The van der Waals surface area contributed by atoms with Gasteiger partial charge in [0.2, 0.25) is 5.88 Å². The number of carbonyl (C=O) groups is 2. The number of amides is 2. The van der Waals surface area contributed by atoms with Crippen LogP contribution in [0.4, 0.5) is 5.69 Å². The Morgan fingerprint density at radius 1 is 1.24 bits per heavy atom. The number of methoxy groups -OCH3 is 1. The van der Waals surface area contributed by atoms with Gasteiger partial charge in [-0.2, -0.15) is 11.8 Å². The van der Waals surface area contributed by atoms with Crippen molar-refractivity contribution in [3.05, 3.63) is 63.4 Å². The quantitative estimate of drug-likeness (QED) is 0.365. The second-order valence-electron chi connectivity index (χ2n) is 8.50. The first-order valence-corrected chi connectivity index (χ1v) is 13.6. The highest BCUT2D eigenvalue weighted by molar-refractivity contribution is 8.00. The third-order valence-electron chi connectivity index (χ3n) is 5.73. The predicted molar refractivity (Wildman–Crippen MR) is 146 cm³/mol. The molecule has 1 aliphatic rings. The van der Waals surface area contributed by atoms with Crippen LogP contribution in [0.25, 0.3) is 5.82 Å². The lowest BCUT2D eigenvalue weighted by molar-refractivity contribution is 0.0895. The maximum Gasteiger partial charge on any atom is 0.274 e. The first-order valence-electron chi connectivity index (χ1n) is 11.7. The van der Waals surface area contributed by atoms with E-state index in [-0.39, 0.29) is 41.0 Å². The molecule has 3 heterocycles. The van der Waals surface area contributed by atoms with Gasteiger partial charge in [0.15, 0.2) is 5.82 Å². The Labute approximate surface area is 229 Å². The minimum atomic E-state index is -0.518. The molecule has 2 N–H and O–H groups in total. The van der Waals surface area contributed by atoms with Gasteiger partial charge < -0.3 is 20.1 Å². The first kappa shape index (κ1) is 27.3. The fourth-order valence-electron chi connectivity index (χ4n) is 3.72. The number of ether oxygens (including phenoxy) is 2. The summed E-state index contributed by atoms with van der Waals surface area (Å²) >= 11 is 14.4. The highest BCUT2D eigenvalue weighted by Crippen LogP contribution is 2.29. The lowest BCUT2D eigenvalue weighted by atomic mass is 10.1. The molecule has 0 aliphatic carbocycles. The minimum absolute atomic E-state index is 0.0240. The maximum atomic E-state index is 13.6. The van der Waals surface area contributed by atoms with E-state index in [2.05, 4.69) is 20.7 Å². The second-order valence-corrected chi connectivity index (χ2v) is 10.4. The summed E-state index contributed by atoms with van der Waals surface area (Å²) < 4.78 is 12.4. The van der Waals surface area contributed by atoms with Gasteiger partial charge in [-0.05, 0) is 43.2 Å². The lowest BCUT2D eigenvalue weighted by Crippen LogP contribution is -2.38. The largest absolute Gasteiger partial charge is 0.472 e. The van der Waals surface area contributed by atoms with Gasteiger partial charge >= 0.3 is 0 Å². The molecule has 37 heavy (non-hydrogen) atoms. The summed E-state index contributed by atoms with van der Waals surface area (Å²) in [6.45, 7) is 4.07. The van der Waals surface area contributed by atoms with E-state index in [0.717, 1.165) is 11.5 Å². The summed E-state index contributed by atoms with van der Waals surface area (Å²) in [4.78, 5) is 31.1. The van der Waals surface area contributed by atoms with Crippen molar-refractivity contribution in [1.29, 1.82) is 0 Å². The van der Waals surface area contributed by atoms with E-state index < -0.39 is 5.91 Å². The first-order chi connectivity index (χ1) is 17.8. The van der Waals surface area contributed by atoms with Crippen LogP contribution in [0.1, 0.15) is 39.8 Å². The number of halogens is 2. The minimum Gasteiger partial charge on any atom is -0.472 e. The molecule has 0 spiro atoms. The number of rotatable bonds is 10. The van der Waals surface area contributed by atoms with Gasteiger partial charge in [0.05, 0.1) is 28.9 Å². The molecule has 1 saturated heterocycles. The third kappa shape index (κ3) is 6.38. The molecule has 1 atom stereocenters. The van der Waals surface area contributed by atoms with Gasteiger partial charge in [-0.1, -0.05) is 30.1 Å². The fraction of sp³-hybridized carbons (Fsp3) is 0.360. The van der Waals surface area contributed by atoms with Crippen LogP contribution < -0.4 is 15.4 Å². The number of nitrogens with one attached hydrogen (secondary N) is 2. The molecule has 0 saturated carbocycles. The molecule has 1 aromatic carbocycles. The number of thioether (sulfide) groups is 1. The van der Waals surface area contributed by atoms with Crippen LogP contribution in [-0.4, -0.2) is 63.9 Å². The zero-order valence-corrected chi connectivity index (χ0v) is 22.9. The van der Waals surface area contributed by atoms with E-state index in [9.17, 15) is 9.59 Å². The van der Waals surface area contributed by atoms with Gasteiger partial charge in [-0.3, -0.25) is 9.59 Å². The number of hydrogen-bond donors (Lipinski definition) is 2. The van der Waals surface area contributed by atoms with E-state index in [0.29, 0.717) is 34.3 Å². The Morgan fingerprint density at radius 2 is 2.03 bits per heavy atom. The highest BCUT2D eigenvalue weighted by Gasteiger charge is 2.26. The van der Waals surface area contributed by atoms with Crippen LogP contribution >= 0.6 is 35.0 Å². The zero-order valence-electron chi connectivity index (χ0n) is 20.6. The molecule has 12 heteroatoms. The summed E-state index contributed by atoms with van der Waals surface area (Å²) in [7, 11) is 1.57. The predicted octanol–water partition coefficient (Wildman–Crippen LogP) is 4.78. The third-order valence-corrected chi connectivity index (χ3v) is 7.46. The Kier molecular flexibility index (Phi) is 8.96. The van der Waals surface area contributed by atoms with Crippen LogP contribution in [0.15, 0.2) is 36.5 Å². The second kappa shape index (κ2) is 12.2. The van der Waals surface area contributed by atoms with Crippen LogP contribution in [0.3, 0.4) is 0 Å². The number of pyridine rings is 1. The van der Waals surface area contributed by atoms with Crippen molar-refractivity contribution in [2.24, 2.45) is 0 Å². The topological polar surface area (TPSA) is 107 Å².